The van der Waals surface area contributed by atoms with Crippen molar-refractivity contribution in [3.63, 3.8) is 0 Å². The average Bonchev–Trinajstić information content (AvgIpc) is 3.15. The first-order chi connectivity index (χ1) is 9.87. The standard InChI is InChI=1S/C12H11BrClN3O2S2/c13-11-8(15)3-7(14)4-10(11)21(18,19)17-12-16-9(5-20-12)6-1-2-6/h3-6H,1-2,15H2,(H,16,17). The fraction of sp³-hybridized carbons (Fsp3) is 0.250. The number of benzene rings is 1. The van der Waals surface area contributed by atoms with E-state index in [0.29, 0.717) is 15.5 Å². The van der Waals surface area contributed by atoms with Gasteiger partial charge in [0.05, 0.1) is 10.2 Å². The molecule has 0 saturated heterocycles. The maximum atomic E-state index is 12.4. The van der Waals surface area contributed by atoms with Crippen LogP contribution >= 0.6 is 38.9 Å². The molecule has 0 aliphatic heterocycles. The van der Waals surface area contributed by atoms with Crippen LogP contribution in [0.5, 0.6) is 0 Å². The number of nitrogens with two attached hydrogens (primary N) is 1. The second-order valence-corrected chi connectivity index (χ2v) is 8.50. The normalized spacial score (nSPS) is 15.1. The third-order valence-electron chi connectivity index (χ3n) is 3.06. The highest BCUT2D eigenvalue weighted by atomic mass is 79.9. The lowest BCUT2D eigenvalue weighted by molar-refractivity contribution is 0.600. The van der Waals surface area contributed by atoms with E-state index in [1.807, 2.05) is 5.38 Å². The molecule has 112 valence electrons. The van der Waals surface area contributed by atoms with Gasteiger partial charge in [0.15, 0.2) is 5.13 Å². The van der Waals surface area contributed by atoms with Crippen molar-refractivity contribution in [3.05, 3.63) is 32.7 Å². The van der Waals surface area contributed by atoms with E-state index in [1.165, 1.54) is 23.5 Å². The fourth-order valence-electron chi connectivity index (χ4n) is 1.85. The van der Waals surface area contributed by atoms with Crippen LogP contribution in [0.4, 0.5) is 10.8 Å². The van der Waals surface area contributed by atoms with Crippen LogP contribution in [0.1, 0.15) is 24.5 Å². The Morgan fingerprint density at radius 1 is 1.43 bits per heavy atom. The van der Waals surface area contributed by atoms with Gasteiger partial charge in [0.1, 0.15) is 4.90 Å². The maximum Gasteiger partial charge on any atom is 0.264 e. The van der Waals surface area contributed by atoms with Crippen LogP contribution in [0.3, 0.4) is 0 Å². The summed E-state index contributed by atoms with van der Waals surface area (Å²) in [7, 11) is -3.79. The number of rotatable bonds is 4. The quantitative estimate of drug-likeness (QED) is 0.753. The number of hydrogen-bond acceptors (Lipinski definition) is 5. The minimum Gasteiger partial charge on any atom is -0.398 e. The average molecular weight is 409 g/mol. The van der Waals surface area contributed by atoms with Crippen molar-refractivity contribution in [1.29, 1.82) is 0 Å². The van der Waals surface area contributed by atoms with Gasteiger partial charge in [0.25, 0.3) is 10.0 Å². The molecule has 0 spiro atoms. The second-order valence-electron chi connectivity index (χ2n) is 4.76. The molecule has 0 amide bonds. The van der Waals surface area contributed by atoms with Crippen molar-refractivity contribution < 1.29 is 8.42 Å². The van der Waals surface area contributed by atoms with Crippen molar-refractivity contribution in [2.75, 3.05) is 10.5 Å². The summed E-state index contributed by atoms with van der Waals surface area (Å²) < 4.78 is 27.6. The summed E-state index contributed by atoms with van der Waals surface area (Å²) in [5.41, 5.74) is 6.94. The Bertz CT molecular complexity index is 803. The molecule has 0 bridgehead atoms. The van der Waals surface area contributed by atoms with Crippen LogP contribution in [0.2, 0.25) is 5.02 Å². The number of nitrogens with one attached hydrogen (secondary N) is 1. The third kappa shape index (κ3) is 3.18. The molecular formula is C12H11BrClN3O2S2. The molecule has 1 aliphatic carbocycles. The summed E-state index contributed by atoms with van der Waals surface area (Å²) in [6, 6.07) is 2.83. The lowest BCUT2D eigenvalue weighted by Gasteiger charge is -2.09. The van der Waals surface area contributed by atoms with Crippen LogP contribution in [-0.2, 0) is 10.0 Å². The second kappa shape index (κ2) is 5.42. The summed E-state index contributed by atoms with van der Waals surface area (Å²) in [5, 5.41) is 2.49. The van der Waals surface area contributed by atoms with E-state index in [2.05, 4.69) is 25.6 Å². The molecule has 0 unspecified atom stereocenters. The highest BCUT2D eigenvalue weighted by Gasteiger charge is 2.27. The first-order valence-corrected chi connectivity index (χ1v) is 9.63. The number of halogens is 2. The zero-order valence-electron chi connectivity index (χ0n) is 10.6. The van der Waals surface area contributed by atoms with Crippen LogP contribution in [0.25, 0.3) is 0 Å². The Hall–Kier alpha value is -0.830. The van der Waals surface area contributed by atoms with Gasteiger partial charge in [-0.2, -0.15) is 0 Å². The Kier molecular flexibility index (Phi) is 3.89. The van der Waals surface area contributed by atoms with Crippen LogP contribution in [0.15, 0.2) is 26.9 Å². The first kappa shape index (κ1) is 15.1. The largest absolute Gasteiger partial charge is 0.398 e. The Morgan fingerprint density at radius 3 is 2.81 bits per heavy atom. The van der Waals surface area contributed by atoms with E-state index >= 15 is 0 Å². The number of hydrogen-bond donors (Lipinski definition) is 2. The van der Waals surface area contributed by atoms with Crippen molar-refractivity contribution in [3.8, 4) is 0 Å². The molecule has 2 aromatic rings. The summed E-state index contributed by atoms with van der Waals surface area (Å²) >= 11 is 10.3. The highest BCUT2D eigenvalue weighted by Crippen LogP contribution is 2.41. The number of nitrogen functional groups attached to an aromatic ring is 1. The van der Waals surface area contributed by atoms with E-state index in [1.54, 1.807) is 0 Å². The number of sulfonamides is 1. The van der Waals surface area contributed by atoms with Crippen molar-refractivity contribution in [2.24, 2.45) is 0 Å². The predicted octanol–water partition coefficient (Wildman–Crippen LogP) is 3.82. The van der Waals surface area contributed by atoms with Crippen LogP contribution in [-0.4, -0.2) is 13.4 Å². The number of thiazole rings is 1. The molecule has 1 heterocycles. The third-order valence-corrected chi connectivity index (χ3v) is 6.69. The molecule has 3 N–H and O–H groups in total. The van der Waals surface area contributed by atoms with Gasteiger partial charge in [0, 0.05) is 22.0 Å². The molecule has 0 atom stereocenters. The lowest BCUT2D eigenvalue weighted by atomic mass is 10.3. The van der Waals surface area contributed by atoms with Crippen LogP contribution in [0, 0.1) is 0 Å². The Labute approximate surface area is 139 Å². The van der Waals surface area contributed by atoms with E-state index in [4.69, 9.17) is 17.3 Å². The SMILES string of the molecule is Nc1cc(Cl)cc(S(=O)(=O)Nc2nc(C3CC3)cs2)c1Br. The van der Waals surface area contributed by atoms with Gasteiger partial charge >= 0.3 is 0 Å². The summed E-state index contributed by atoms with van der Waals surface area (Å²) in [6.07, 6.45) is 2.23. The van der Waals surface area contributed by atoms with E-state index in [0.717, 1.165) is 18.5 Å². The van der Waals surface area contributed by atoms with Gasteiger partial charge in [-0.3, -0.25) is 4.72 Å². The molecule has 0 radical (unpaired) electrons. The Morgan fingerprint density at radius 2 is 2.14 bits per heavy atom. The van der Waals surface area contributed by atoms with Gasteiger partial charge in [-0.05, 0) is 40.9 Å². The molecule has 1 fully saturated rings. The molecular weight excluding hydrogens is 398 g/mol. The molecule has 1 aliphatic rings. The molecule has 21 heavy (non-hydrogen) atoms. The zero-order valence-corrected chi connectivity index (χ0v) is 14.6. The molecule has 5 nitrogen and oxygen atoms in total. The van der Waals surface area contributed by atoms with Gasteiger partial charge in [-0.25, -0.2) is 13.4 Å². The van der Waals surface area contributed by atoms with Crippen LogP contribution < -0.4 is 10.5 Å². The monoisotopic (exact) mass is 407 g/mol. The van der Waals surface area contributed by atoms with E-state index < -0.39 is 10.0 Å². The maximum absolute atomic E-state index is 12.4. The molecule has 1 aromatic heterocycles. The van der Waals surface area contributed by atoms with E-state index in [-0.39, 0.29) is 15.6 Å². The van der Waals surface area contributed by atoms with Gasteiger partial charge in [-0.15, -0.1) is 11.3 Å². The van der Waals surface area contributed by atoms with Gasteiger partial charge < -0.3 is 5.73 Å². The van der Waals surface area contributed by atoms with Gasteiger partial charge in [-0.1, -0.05) is 11.6 Å². The van der Waals surface area contributed by atoms with E-state index in [9.17, 15) is 8.42 Å². The fourth-order valence-corrected chi connectivity index (χ4v) is 5.19. The number of aromatic nitrogens is 1. The zero-order chi connectivity index (χ0) is 15.2. The van der Waals surface area contributed by atoms with Gasteiger partial charge in [0.2, 0.25) is 0 Å². The molecule has 1 saturated carbocycles. The summed E-state index contributed by atoms with van der Waals surface area (Å²) in [4.78, 5) is 4.30. The van der Waals surface area contributed by atoms with Crippen molar-refractivity contribution in [2.45, 2.75) is 23.7 Å². The molecule has 3 rings (SSSR count). The molecule has 9 heteroatoms. The smallest absolute Gasteiger partial charge is 0.264 e. The number of anilines is 2. The predicted molar refractivity (Wildman–Crippen MR) is 88.5 cm³/mol. The lowest BCUT2D eigenvalue weighted by Crippen LogP contribution is -2.14. The summed E-state index contributed by atoms with van der Waals surface area (Å²) in [5.74, 6) is 0.480. The highest BCUT2D eigenvalue weighted by molar-refractivity contribution is 9.10. The summed E-state index contributed by atoms with van der Waals surface area (Å²) in [6.45, 7) is 0. The van der Waals surface area contributed by atoms with Crippen molar-refractivity contribution in [1.82, 2.24) is 4.98 Å². The Balaban J connectivity index is 1.92. The topological polar surface area (TPSA) is 85.1 Å². The molecule has 1 aromatic carbocycles. The minimum absolute atomic E-state index is 0.00401. The van der Waals surface area contributed by atoms with Crippen molar-refractivity contribution >= 4 is 59.7 Å². The minimum atomic E-state index is -3.79. The number of nitrogens with zero attached hydrogens (tertiary/aromatic N) is 1. The first-order valence-electron chi connectivity index (χ1n) is 6.09.